The Morgan fingerprint density at radius 3 is 2.72 bits per heavy atom. The van der Waals surface area contributed by atoms with Gasteiger partial charge in [-0.05, 0) is 37.8 Å². The minimum Gasteiger partial charge on any atom is -0.496 e. The number of thiazole rings is 1. The lowest BCUT2D eigenvalue weighted by atomic mass is 10.0. The lowest BCUT2D eigenvalue weighted by Gasteiger charge is -2.32. The first-order chi connectivity index (χ1) is 12.2. The number of methoxy groups -OCH3 is 1. The van der Waals surface area contributed by atoms with Crippen molar-refractivity contribution in [2.24, 2.45) is 0 Å². The van der Waals surface area contributed by atoms with E-state index in [1.165, 1.54) is 24.2 Å². The second-order valence-corrected chi connectivity index (χ2v) is 7.61. The number of para-hydroxylation sites is 1. The van der Waals surface area contributed by atoms with E-state index in [2.05, 4.69) is 15.2 Å². The minimum absolute atomic E-state index is 0.0673. The van der Waals surface area contributed by atoms with Crippen LogP contribution in [0.1, 0.15) is 36.2 Å². The molecule has 2 aliphatic rings. The van der Waals surface area contributed by atoms with Crippen LogP contribution in [0.5, 0.6) is 5.75 Å². The molecular weight excluding hydrogens is 334 g/mol. The van der Waals surface area contributed by atoms with Crippen LogP contribution in [0, 0.1) is 0 Å². The molecule has 1 N–H and O–H groups in total. The molecule has 4 rings (SSSR count). The normalized spacial score (nSPS) is 18.9. The van der Waals surface area contributed by atoms with Crippen molar-refractivity contribution in [3.05, 3.63) is 35.3 Å². The Balaban J connectivity index is 1.39. The van der Waals surface area contributed by atoms with E-state index in [-0.39, 0.29) is 11.9 Å². The van der Waals surface area contributed by atoms with Crippen molar-refractivity contribution >= 4 is 17.2 Å². The number of hydrogen-bond acceptors (Lipinski definition) is 5. The van der Waals surface area contributed by atoms with Gasteiger partial charge in [0.2, 0.25) is 0 Å². The standard InChI is InChI=1S/C19H23N3O2S/c1-24-17-5-3-2-4-15(17)19-21-16(12-25-19)18(23)20-13-8-10-22(11-9-13)14-6-7-14/h2-5,12-14H,6-11H2,1H3,(H,20,23). The fourth-order valence-corrected chi connectivity index (χ4v) is 4.26. The zero-order valence-electron chi connectivity index (χ0n) is 14.4. The van der Waals surface area contributed by atoms with Gasteiger partial charge in [0.15, 0.2) is 0 Å². The second kappa shape index (κ2) is 7.14. The summed E-state index contributed by atoms with van der Waals surface area (Å²) in [5.41, 5.74) is 1.42. The Morgan fingerprint density at radius 2 is 2.00 bits per heavy atom. The first-order valence-corrected chi connectivity index (χ1v) is 9.76. The van der Waals surface area contributed by atoms with Crippen LogP contribution in [0.3, 0.4) is 0 Å². The highest BCUT2D eigenvalue weighted by molar-refractivity contribution is 7.13. The third-order valence-electron chi connectivity index (χ3n) is 5.00. The molecule has 1 aromatic carbocycles. The number of benzene rings is 1. The summed E-state index contributed by atoms with van der Waals surface area (Å²) < 4.78 is 5.39. The maximum absolute atomic E-state index is 12.5. The van der Waals surface area contributed by atoms with Gasteiger partial charge in [-0.15, -0.1) is 11.3 Å². The number of amides is 1. The molecule has 6 heteroatoms. The molecule has 2 heterocycles. The lowest BCUT2D eigenvalue weighted by molar-refractivity contribution is 0.0905. The predicted octanol–water partition coefficient (Wildman–Crippen LogP) is 3.18. The van der Waals surface area contributed by atoms with Gasteiger partial charge in [-0.2, -0.15) is 0 Å². The van der Waals surface area contributed by atoms with Gasteiger partial charge in [0.1, 0.15) is 16.5 Å². The van der Waals surface area contributed by atoms with Gasteiger partial charge in [-0.1, -0.05) is 12.1 Å². The number of likely N-dealkylation sites (tertiary alicyclic amines) is 1. The van der Waals surface area contributed by atoms with Crippen molar-refractivity contribution < 1.29 is 9.53 Å². The molecule has 1 saturated carbocycles. The summed E-state index contributed by atoms with van der Waals surface area (Å²) >= 11 is 1.47. The average molecular weight is 357 g/mol. The topological polar surface area (TPSA) is 54.5 Å². The van der Waals surface area contributed by atoms with Crippen molar-refractivity contribution in [1.82, 2.24) is 15.2 Å². The van der Waals surface area contributed by atoms with E-state index in [0.29, 0.717) is 5.69 Å². The van der Waals surface area contributed by atoms with Crippen LogP contribution in [-0.2, 0) is 0 Å². The second-order valence-electron chi connectivity index (χ2n) is 6.75. The molecule has 25 heavy (non-hydrogen) atoms. The van der Waals surface area contributed by atoms with Gasteiger partial charge in [0, 0.05) is 30.6 Å². The third-order valence-corrected chi connectivity index (χ3v) is 5.88. The molecule has 0 unspecified atom stereocenters. The highest BCUT2D eigenvalue weighted by atomic mass is 32.1. The highest BCUT2D eigenvalue weighted by Gasteiger charge is 2.32. The van der Waals surface area contributed by atoms with E-state index in [4.69, 9.17) is 4.74 Å². The molecule has 0 radical (unpaired) electrons. The number of ether oxygens (including phenoxy) is 1. The van der Waals surface area contributed by atoms with Crippen LogP contribution in [0.15, 0.2) is 29.6 Å². The summed E-state index contributed by atoms with van der Waals surface area (Å²) in [6.07, 6.45) is 4.76. The average Bonchev–Trinajstić information content (AvgIpc) is 3.38. The Labute approximate surface area is 152 Å². The number of nitrogens with zero attached hydrogens (tertiary/aromatic N) is 2. The molecular formula is C19H23N3O2S. The van der Waals surface area contributed by atoms with E-state index < -0.39 is 0 Å². The maximum Gasteiger partial charge on any atom is 0.270 e. The zero-order chi connectivity index (χ0) is 17.2. The SMILES string of the molecule is COc1ccccc1-c1nc(C(=O)NC2CCN(C3CC3)CC2)cs1. The third kappa shape index (κ3) is 3.70. The predicted molar refractivity (Wildman–Crippen MR) is 99.2 cm³/mol. The minimum atomic E-state index is -0.0673. The molecule has 1 aliphatic carbocycles. The number of carbonyl (C=O) groups excluding carboxylic acids is 1. The lowest BCUT2D eigenvalue weighted by Crippen LogP contribution is -2.45. The number of aromatic nitrogens is 1. The Bertz CT molecular complexity index is 749. The molecule has 132 valence electrons. The summed E-state index contributed by atoms with van der Waals surface area (Å²) in [7, 11) is 1.65. The summed E-state index contributed by atoms with van der Waals surface area (Å²) in [5, 5.41) is 5.80. The summed E-state index contributed by atoms with van der Waals surface area (Å²) in [4.78, 5) is 19.6. The number of carbonyl (C=O) groups is 1. The van der Waals surface area contributed by atoms with E-state index in [9.17, 15) is 4.79 Å². The quantitative estimate of drug-likeness (QED) is 0.893. The van der Waals surface area contributed by atoms with E-state index in [0.717, 1.165) is 48.3 Å². The maximum atomic E-state index is 12.5. The molecule has 0 bridgehead atoms. The van der Waals surface area contributed by atoms with Crippen LogP contribution in [-0.4, -0.2) is 48.1 Å². The van der Waals surface area contributed by atoms with Crippen molar-refractivity contribution in [2.75, 3.05) is 20.2 Å². The first kappa shape index (κ1) is 16.5. The first-order valence-electron chi connectivity index (χ1n) is 8.88. The van der Waals surface area contributed by atoms with E-state index in [1.54, 1.807) is 7.11 Å². The van der Waals surface area contributed by atoms with Gasteiger partial charge in [0.25, 0.3) is 5.91 Å². The number of hydrogen-bond donors (Lipinski definition) is 1. The fraction of sp³-hybridized carbons (Fsp3) is 0.474. The fourth-order valence-electron chi connectivity index (χ4n) is 3.43. The van der Waals surface area contributed by atoms with Crippen molar-refractivity contribution in [3.8, 4) is 16.3 Å². The molecule has 1 saturated heterocycles. The van der Waals surface area contributed by atoms with Crippen LogP contribution in [0.25, 0.3) is 10.6 Å². The molecule has 0 atom stereocenters. The molecule has 1 aliphatic heterocycles. The molecule has 2 fully saturated rings. The van der Waals surface area contributed by atoms with Gasteiger partial charge in [-0.3, -0.25) is 4.79 Å². The molecule has 2 aromatic rings. The summed E-state index contributed by atoms with van der Waals surface area (Å²) in [6.45, 7) is 2.19. The van der Waals surface area contributed by atoms with Crippen LogP contribution in [0.2, 0.25) is 0 Å². The van der Waals surface area contributed by atoms with Crippen molar-refractivity contribution in [3.63, 3.8) is 0 Å². The molecule has 0 spiro atoms. The highest BCUT2D eigenvalue weighted by Crippen LogP contribution is 2.32. The van der Waals surface area contributed by atoms with Gasteiger partial charge < -0.3 is 15.0 Å². The van der Waals surface area contributed by atoms with E-state index >= 15 is 0 Å². The molecule has 1 aromatic heterocycles. The number of piperidine rings is 1. The molecule has 5 nitrogen and oxygen atoms in total. The van der Waals surface area contributed by atoms with Gasteiger partial charge >= 0.3 is 0 Å². The number of nitrogens with one attached hydrogen (secondary N) is 1. The van der Waals surface area contributed by atoms with Crippen molar-refractivity contribution in [1.29, 1.82) is 0 Å². The van der Waals surface area contributed by atoms with Crippen molar-refractivity contribution in [2.45, 2.75) is 37.8 Å². The Kier molecular flexibility index (Phi) is 4.72. The summed E-state index contributed by atoms with van der Waals surface area (Å²) in [6, 6.07) is 8.83. The Hall–Kier alpha value is -1.92. The zero-order valence-corrected chi connectivity index (χ0v) is 15.2. The number of rotatable bonds is 5. The van der Waals surface area contributed by atoms with E-state index in [1.807, 2.05) is 29.6 Å². The molecule has 1 amide bonds. The smallest absolute Gasteiger partial charge is 0.270 e. The van der Waals surface area contributed by atoms with Crippen LogP contribution < -0.4 is 10.1 Å². The van der Waals surface area contributed by atoms with Crippen LogP contribution in [0.4, 0.5) is 0 Å². The van der Waals surface area contributed by atoms with Crippen LogP contribution >= 0.6 is 11.3 Å². The van der Waals surface area contributed by atoms with Gasteiger partial charge in [0.05, 0.1) is 12.7 Å². The monoisotopic (exact) mass is 357 g/mol. The largest absolute Gasteiger partial charge is 0.496 e. The summed E-state index contributed by atoms with van der Waals surface area (Å²) in [5.74, 6) is 0.707. The van der Waals surface area contributed by atoms with Gasteiger partial charge in [-0.25, -0.2) is 4.98 Å². The Morgan fingerprint density at radius 1 is 1.24 bits per heavy atom.